The highest BCUT2D eigenvalue weighted by Crippen LogP contribution is 2.29. The van der Waals surface area contributed by atoms with Crippen molar-refractivity contribution in [3.63, 3.8) is 0 Å². The highest BCUT2D eigenvalue weighted by atomic mass is 32.2. The van der Waals surface area contributed by atoms with Crippen molar-refractivity contribution in [2.75, 3.05) is 13.1 Å². The van der Waals surface area contributed by atoms with Gasteiger partial charge in [-0.2, -0.15) is 4.31 Å². The number of aromatic carboxylic acids is 1. The molecule has 1 heterocycles. The van der Waals surface area contributed by atoms with Gasteiger partial charge in [0, 0.05) is 13.1 Å². The van der Waals surface area contributed by atoms with Gasteiger partial charge in [0.15, 0.2) is 0 Å². The Labute approximate surface area is 117 Å². The molecule has 0 aliphatic carbocycles. The third-order valence-electron chi connectivity index (χ3n) is 3.55. The summed E-state index contributed by atoms with van der Waals surface area (Å²) in [6.45, 7) is 3.31. The molecule has 2 N–H and O–H groups in total. The smallest absolute Gasteiger partial charge is 0.335 e. The number of carboxylic acid groups (broad SMARTS) is 1. The second kappa shape index (κ2) is 4.83. The first-order valence-electron chi connectivity index (χ1n) is 6.20. The lowest BCUT2D eigenvalue weighted by Crippen LogP contribution is -2.34. The number of benzene rings is 1. The predicted molar refractivity (Wildman–Crippen MR) is 72.1 cm³/mol. The molecule has 1 saturated heterocycles. The Hall–Kier alpha value is -1.44. The zero-order valence-corrected chi connectivity index (χ0v) is 12.1. The summed E-state index contributed by atoms with van der Waals surface area (Å²) in [6, 6.07) is 4.18. The van der Waals surface area contributed by atoms with Gasteiger partial charge in [-0.25, -0.2) is 13.2 Å². The van der Waals surface area contributed by atoms with E-state index in [1.165, 1.54) is 29.4 Å². The molecule has 1 aromatic carbocycles. The molecular formula is C13H17NO5S. The predicted octanol–water partition coefficient (Wildman–Crippen LogP) is 0.839. The average Bonchev–Trinajstić information content (AvgIpc) is 2.70. The summed E-state index contributed by atoms with van der Waals surface area (Å²) >= 11 is 0. The van der Waals surface area contributed by atoms with Gasteiger partial charge in [-0.05, 0) is 38.0 Å². The van der Waals surface area contributed by atoms with Crippen LogP contribution in [-0.4, -0.2) is 47.6 Å². The van der Waals surface area contributed by atoms with Crippen LogP contribution in [0.4, 0.5) is 0 Å². The Kier molecular flexibility index (Phi) is 3.62. The Bertz CT molecular complexity index is 651. The van der Waals surface area contributed by atoms with E-state index in [9.17, 15) is 18.3 Å². The van der Waals surface area contributed by atoms with Gasteiger partial charge in [0.25, 0.3) is 0 Å². The Morgan fingerprint density at radius 3 is 2.55 bits per heavy atom. The zero-order valence-electron chi connectivity index (χ0n) is 11.3. The fourth-order valence-electron chi connectivity index (χ4n) is 2.37. The summed E-state index contributed by atoms with van der Waals surface area (Å²) < 4.78 is 26.3. The molecule has 1 aliphatic rings. The molecule has 1 atom stereocenters. The summed E-state index contributed by atoms with van der Waals surface area (Å²) in [5.41, 5.74) is -0.852. The average molecular weight is 299 g/mol. The van der Waals surface area contributed by atoms with Crippen LogP contribution in [0.3, 0.4) is 0 Å². The molecule has 20 heavy (non-hydrogen) atoms. The number of sulfonamides is 1. The third-order valence-corrected chi connectivity index (χ3v) is 5.54. The lowest BCUT2D eigenvalue weighted by Gasteiger charge is -2.20. The molecule has 0 radical (unpaired) electrons. The molecule has 1 aromatic rings. The van der Waals surface area contributed by atoms with Crippen LogP contribution in [0.5, 0.6) is 0 Å². The van der Waals surface area contributed by atoms with E-state index >= 15 is 0 Å². The number of β-amino-alcohol motifs (C(OH)–C–C–N with tert-alkyl or cyclic N) is 1. The first-order chi connectivity index (χ1) is 9.15. The summed E-state index contributed by atoms with van der Waals surface area (Å²) in [7, 11) is -3.79. The van der Waals surface area contributed by atoms with Crippen molar-refractivity contribution in [2.24, 2.45) is 0 Å². The quantitative estimate of drug-likeness (QED) is 0.862. The molecule has 0 spiro atoms. The van der Waals surface area contributed by atoms with E-state index in [0.717, 1.165) is 0 Å². The molecule has 2 rings (SSSR count). The van der Waals surface area contributed by atoms with Gasteiger partial charge in [-0.15, -0.1) is 0 Å². The lowest BCUT2D eigenvalue weighted by molar-refractivity contribution is 0.0694. The number of hydrogen-bond acceptors (Lipinski definition) is 4. The van der Waals surface area contributed by atoms with Crippen LogP contribution in [0.25, 0.3) is 0 Å². The van der Waals surface area contributed by atoms with E-state index in [1.807, 2.05) is 0 Å². The minimum absolute atomic E-state index is 0.0184. The van der Waals surface area contributed by atoms with Crippen molar-refractivity contribution in [3.8, 4) is 0 Å². The first kappa shape index (κ1) is 15.0. The van der Waals surface area contributed by atoms with Crippen molar-refractivity contribution in [1.29, 1.82) is 0 Å². The van der Waals surface area contributed by atoms with Gasteiger partial charge in [0.2, 0.25) is 10.0 Å². The van der Waals surface area contributed by atoms with E-state index in [-0.39, 0.29) is 29.1 Å². The maximum Gasteiger partial charge on any atom is 0.335 e. The van der Waals surface area contributed by atoms with E-state index in [0.29, 0.717) is 6.42 Å². The minimum atomic E-state index is -3.79. The van der Waals surface area contributed by atoms with Gasteiger partial charge in [0.05, 0.1) is 16.1 Å². The second-order valence-corrected chi connectivity index (χ2v) is 7.23. The number of rotatable bonds is 3. The van der Waals surface area contributed by atoms with Crippen LogP contribution < -0.4 is 0 Å². The summed E-state index contributed by atoms with van der Waals surface area (Å²) in [6.07, 6.45) is 0.365. The SMILES string of the molecule is Cc1c(C(=O)O)cccc1S(=O)(=O)N1CCC(C)(O)C1. The van der Waals surface area contributed by atoms with Crippen molar-refractivity contribution in [3.05, 3.63) is 29.3 Å². The number of carboxylic acids is 1. The van der Waals surface area contributed by atoms with Gasteiger partial charge in [0.1, 0.15) is 0 Å². The van der Waals surface area contributed by atoms with Gasteiger partial charge >= 0.3 is 5.97 Å². The maximum absolute atomic E-state index is 12.5. The van der Waals surface area contributed by atoms with E-state index in [1.54, 1.807) is 6.92 Å². The Balaban J connectivity index is 2.46. The number of carbonyl (C=O) groups is 1. The zero-order chi connectivity index (χ0) is 15.1. The van der Waals surface area contributed by atoms with Crippen molar-refractivity contribution < 1.29 is 23.4 Å². The second-order valence-electron chi connectivity index (χ2n) is 5.32. The van der Waals surface area contributed by atoms with Crippen LogP contribution in [0, 0.1) is 6.92 Å². The normalized spacial score (nSPS) is 23.9. The van der Waals surface area contributed by atoms with Crippen LogP contribution >= 0.6 is 0 Å². The minimum Gasteiger partial charge on any atom is -0.478 e. The van der Waals surface area contributed by atoms with Crippen molar-refractivity contribution in [2.45, 2.75) is 30.8 Å². The van der Waals surface area contributed by atoms with Crippen LogP contribution in [0.15, 0.2) is 23.1 Å². The molecule has 6 nitrogen and oxygen atoms in total. The largest absolute Gasteiger partial charge is 0.478 e. The number of aliphatic hydroxyl groups is 1. The molecule has 0 bridgehead atoms. The summed E-state index contributed by atoms with van der Waals surface area (Å²) in [5.74, 6) is -1.16. The first-order valence-corrected chi connectivity index (χ1v) is 7.65. The lowest BCUT2D eigenvalue weighted by atomic mass is 10.1. The van der Waals surface area contributed by atoms with Crippen LogP contribution in [-0.2, 0) is 10.0 Å². The number of hydrogen-bond donors (Lipinski definition) is 2. The number of nitrogens with zero attached hydrogens (tertiary/aromatic N) is 1. The topological polar surface area (TPSA) is 94.9 Å². The van der Waals surface area contributed by atoms with Gasteiger partial charge < -0.3 is 10.2 Å². The van der Waals surface area contributed by atoms with Crippen molar-refractivity contribution in [1.82, 2.24) is 4.31 Å². The molecular weight excluding hydrogens is 282 g/mol. The van der Waals surface area contributed by atoms with Gasteiger partial charge in [-0.3, -0.25) is 0 Å². The third kappa shape index (κ3) is 2.56. The highest BCUT2D eigenvalue weighted by Gasteiger charge is 2.39. The fourth-order valence-corrected chi connectivity index (χ4v) is 4.18. The molecule has 0 saturated carbocycles. The monoisotopic (exact) mass is 299 g/mol. The van der Waals surface area contributed by atoms with E-state index < -0.39 is 21.6 Å². The molecule has 110 valence electrons. The molecule has 1 unspecified atom stereocenters. The molecule has 0 amide bonds. The molecule has 1 fully saturated rings. The van der Waals surface area contributed by atoms with Crippen LogP contribution in [0.1, 0.15) is 29.3 Å². The molecule has 1 aliphatic heterocycles. The maximum atomic E-state index is 12.5. The Morgan fingerprint density at radius 1 is 1.40 bits per heavy atom. The van der Waals surface area contributed by atoms with E-state index in [4.69, 9.17) is 5.11 Å². The van der Waals surface area contributed by atoms with Crippen LogP contribution in [0.2, 0.25) is 0 Å². The van der Waals surface area contributed by atoms with Crippen molar-refractivity contribution >= 4 is 16.0 Å². The van der Waals surface area contributed by atoms with Gasteiger partial charge in [-0.1, -0.05) is 6.07 Å². The summed E-state index contributed by atoms with van der Waals surface area (Å²) in [5, 5.41) is 18.9. The molecule has 0 aromatic heterocycles. The standard InChI is InChI=1S/C13H17NO5S/c1-9-10(12(15)16)4-3-5-11(9)20(18,19)14-7-6-13(2,17)8-14/h3-5,17H,6-8H2,1-2H3,(H,15,16). The van der Waals surface area contributed by atoms with E-state index in [2.05, 4.69) is 0 Å². The molecule has 7 heteroatoms. The summed E-state index contributed by atoms with van der Waals surface area (Å²) in [4.78, 5) is 11.1. The fraction of sp³-hybridized carbons (Fsp3) is 0.462. The highest BCUT2D eigenvalue weighted by molar-refractivity contribution is 7.89. The Morgan fingerprint density at radius 2 is 2.05 bits per heavy atom.